The molecule has 0 saturated heterocycles. The van der Waals surface area contributed by atoms with E-state index in [0.29, 0.717) is 0 Å². The van der Waals surface area contributed by atoms with Crippen molar-refractivity contribution in [2.75, 3.05) is 0 Å². The molecule has 0 bridgehead atoms. The van der Waals surface area contributed by atoms with Gasteiger partial charge in [-0.15, -0.1) is 0 Å². The van der Waals surface area contributed by atoms with Crippen LogP contribution in [0.3, 0.4) is 0 Å². The van der Waals surface area contributed by atoms with Crippen molar-refractivity contribution >= 4 is 57.4 Å². The number of carbonyl (C=O) groups is 1. The fraction of sp³-hybridized carbons (Fsp3) is 0.250. The average molecular weight is 126 g/mol. The van der Waals surface area contributed by atoms with Crippen molar-refractivity contribution in [2.24, 2.45) is 0 Å². The van der Waals surface area contributed by atoms with Gasteiger partial charge in [0.2, 0.25) is 0 Å². The van der Waals surface area contributed by atoms with Crippen molar-refractivity contribution in [1.29, 1.82) is 0 Å². The maximum absolute atomic E-state index is 9.75. The van der Waals surface area contributed by atoms with Gasteiger partial charge in [0.15, 0.2) is 0 Å². The molecule has 0 radical (unpaired) electrons. The van der Waals surface area contributed by atoms with Crippen LogP contribution in [-0.4, -0.2) is 57.4 Å². The van der Waals surface area contributed by atoms with E-state index in [0.717, 1.165) is 6.26 Å². The van der Waals surface area contributed by atoms with Gasteiger partial charge >= 0.3 is 57.4 Å². The van der Waals surface area contributed by atoms with Crippen molar-refractivity contribution in [3.05, 3.63) is 12.8 Å². The molecule has 2 nitrogen and oxygen atoms in total. The number of rotatable bonds is 1. The SMILES string of the molecule is C=COC(C)=O.[KH]. The van der Waals surface area contributed by atoms with Gasteiger partial charge in [-0.2, -0.15) is 0 Å². The van der Waals surface area contributed by atoms with E-state index in [1.807, 2.05) is 0 Å². The second kappa shape index (κ2) is 6.85. The van der Waals surface area contributed by atoms with E-state index in [1.54, 1.807) is 0 Å². The zero-order chi connectivity index (χ0) is 4.99. The molecule has 0 amide bonds. The molecular weight excluding hydrogens is 119 g/mol. The molecule has 0 rings (SSSR count). The molecule has 0 saturated carbocycles. The zero-order valence-electron chi connectivity index (χ0n) is 3.60. The van der Waals surface area contributed by atoms with E-state index in [-0.39, 0.29) is 57.4 Å². The van der Waals surface area contributed by atoms with Crippen LogP contribution in [0, 0.1) is 0 Å². The van der Waals surface area contributed by atoms with Crippen LogP contribution >= 0.6 is 0 Å². The Morgan fingerprint density at radius 2 is 2.29 bits per heavy atom. The van der Waals surface area contributed by atoms with Crippen LogP contribution in [0.5, 0.6) is 0 Å². The first kappa shape index (κ1) is 10.8. The molecule has 7 heavy (non-hydrogen) atoms. The second-order valence-electron chi connectivity index (χ2n) is 0.776. The second-order valence-corrected chi connectivity index (χ2v) is 0.776. The first-order valence-corrected chi connectivity index (χ1v) is 1.55. The standard InChI is InChI=1S/C4H6O2.K.H/c1-3-6-4(2)5;;/h3H,1H2,2H3;;. The summed E-state index contributed by atoms with van der Waals surface area (Å²) in [5.41, 5.74) is 0. The molecular formula is C4H7KO2. The number of ether oxygens (including phenoxy) is 1. The summed E-state index contributed by atoms with van der Waals surface area (Å²) < 4.78 is 4.17. The first-order chi connectivity index (χ1) is 2.77. The normalized spacial score (nSPS) is 5.86. The van der Waals surface area contributed by atoms with Crippen LogP contribution in [0.25, 0.3) is 0 Å². The molecule has 0 atom stereocenters. The molecule has 0 spiro atoms. The molecule has 0 aliphatic carbocycles. The summed E-state index contributed by atoms with van der Waals surface area (Å²) in [4.78, 5) is 9.75. The van der Waals surface area contributed by atoms with Gasteiger partial charge in [-0.1, -0.05) is 6.58 Å². The Morgan fingerprint density at radius 3 is 2.29 bits per heavy atom. The van der Waals surface area contributed by atoms with Gasteiger partial charge < -0.3 is 4.74 Å². The van der Waals surface area contributed by atoms with Crippen LogP contribution in [0.4, 0.5) is 0 Å². The molecule has 0 aromatic carbocycles. The first-order valence-electron chi connectivity index (χ1n) is 1.55. The van der Waals surface area contributed by atoms with E-state index in [1.165, 1.54) is 6.92 Å². The van der Waals surface area contributed by atoms with E-state index in [4.69, 9.17) is 0 Å². The van der Waals surface area contributed by atoms with Gasteiger partial charge in [0, 0.05) is 6.92 Å². The molecule has 0 heterocycles. The zero-order valence-corrected chi connectivity index (χ0v) is 3.60. The third kappa shape index (κ3) is 10.9. The summed E-state index contributed by atoms with van der Waals surface area (Å²) in [6.07, 6.45) is 1.10. The quantitative estimate of drug-likeness (QED) is 0.282. The number of hydrogen-bond acceptors (Lipinski definition) is 2. The summed E-state index contributed by atoms with van der Waals surface area (Å²) in [5, 5.41) is 0. The molecule has 0 aliphatic heterocycles. The van der Waals surface area contributed by atoms with Crippen molar-refractivity contribution in [3.8, 4) is 0 Å². The van der Waals surface area contributed by atoms with Gasteiger partial charge in [-0.3, -0.25) is 4.79 Å². The molecule has 36 valence electrons. The van der Waals surface area contributed by atoms with Crippen LogP contribution in [0.2, 0.25) is 0 Å². The summed E-state index contributed by atoms with van der Waals surface area (Å²) in [6, 6.07) is 0. The molecule has 3 heteroatoms. The predicted molar refractivity (Wildman–Crippen MR) is 29.1 cm³/mol. The maximum atomic E-state index is 9.75. The summed E-state index contributed by atoms with van der Waals surface area (Å²) in [6.45, 7) is 4.48. The minimum absolute atomic E-state index is 0. The van der Waals surface area contributed by atoms with Crippen LogP contribution < -0.4 is 0 Å². The van der Waals surface area contributed by atoms with Crippen molar-refractivity contribution < 1.29 is 9.53 Å². The fourth-order valence-corrected chi connectivity index (χ4v) is 0.117. The monoisotopic (exact) mass is 126 g/mol. The third-order valence-corrected chi connectivity index (χ3v) is 0.249. The fourth-order valence-electron chi connectivity index (χ4n) is 0.117. The minimum atomic E-state index is -0.329. The predicted octanol–water partition coefficient (Wildman–Crippen LogP) is 0.0445. The molecule has 0 N–H and O–H groups in total. The van der Waals surface area contributed by atoms with Gasteiger partial charge in [-0.05, 0) is 0 Å². The molecule has 0 unspecified atom stereocenters. The van der Waals surface area contributed by atoms with E-state index < -0.39 is 0 Å². The Morgan fingerprint density at radius 1 is 1.86 bits per heavy atom. The Bertz CT molecular complexity index is 70.1. The number of carbonyl (C=O) groups excluding carboxylic acids is 1. The summed E-state index contributed by atoms with van der Waals surface area (Å²) in [5.74, 6) is -0.329. The third-order valence-electron chi connectivity index (χ3n) is 0.249. The summed E-state index contributed by atoms with van der Waals surface area (Å²) in [7, 11) is 0. The molecule has 0 aliphatic rings. The molecule has 0 aromatic rings. The summed E-state index contributed by atoms with van der Waals surface area (Å²) >= 11 is 0. The van der Waals surface area contributed by atoms with Crippen LogP contribution in [0.15, 0.2) is 12.8 Å². The Kier molecular flexibility index (Phi) is 10.5. The van der Waals surface area contributed by atoms with Gasteiger partial charge in [0.1, 0.15) is 0 Å². The molecule has 0 fully saturated rings. The van der Waals surface area contributed by atoms with Crippen molar-refractivity contribution in [2.45, 2.75) is 6.92 Å². The Hall–Kier alpha value is 0.846. The van der Waals surface area contributed by atoms with Crippen molar-refractivity contribution in [3.63, 3.8) is 0 Å². The number of esters is 1. The topological polar surface area (TPSA) is 26.3 Å². The Labute approximate surface area is 85.3 Å². The molecule has 0 aromatic heterocycles. The average Bonchev–Trinajstić information content (AvgIpc) is 1.35. The van der Waals surface area contributed by atoms with Gasteiger partial charge in [-0.25, -0.2) is 0 Å². The van der Waals surface area contributed by atoms with Crippen LogP contribution in [0.1, 0.15) is 6.92 Å². The van der Waals surface area contributed by atoms with E-state index >= 15 is 0 Å². The van der Waals surface area contributed by atoms with Crippen molar-refractivity contribution in [1.82, 2.24) is 0 Å². The number of hydrogen-bond donors (Lipinski definition) is 0. The van der Waals surface area contributed by atoms with E-state index in [2.05, 4.69) is 11.3 Å². The van der Waals surface area contributed by atoms with Crippen LogP contribution in [-0.2, 0) is 9.53 Å². The van der Waals surface area contributed by atoms with Gasteiger partial charge in [0.05, 0.1) is 6.26 Å². The van der Waals surface area contributed by atoms with Gasteiger partial charge in [0.25, 0.3) is 0 Å². The van der Waals surface area contributed by atoms with E-state index in [9.17, 15) is 4.79 Å². The Balaban J connectivity index is 0.